The number of nitrogens with one attached hydrogen (secondary N) is 2. The van der Waals surface area contributed by atoms with Crippen molar-refractivity contribution in [2.75, 3.05) is 6.54 Å². The SMILES string of the molecule is CC(C)CCC(C)NC(=O)C1CCC(C)NC1. The van der Waals surface area contributed by atoms with Gasteiger partial charge in [-0.1, -0.05) is 13.8 Å². The number of hydrogen-bond acceptors (Lipinski definition) is 2. The molecule has 1 rings (SSSR count). The fourth-order valence-electron chi connectivity index (χ4n) is 2.24. The van der Waals surface area contributed by atoms with E-state index < -0.39 is 0 Å². The van der Waals surface area contributed by atoms with Gasteiger partial charge in [0.2, 0.25) is 5.91 Å². The minimum absolute atomic E-state index is 0.174. The van der Waals surface area contributed by atoms with Crippen molar-refractivity contribution in [3.8, 4) is 0 Å². The summed E-state index contributed by atoms with van der Waals surface area (Å²) in [5.41, 5.74) is 0. The van der Waals surface area contributed by atoms with Gasteiger partial charge in [0, 0.05) is 18.6 Å². The fourth-order valence-corrected chi connectivity index (χ4v) is 2.24. The van der Waals surface area contributed by atoms with Gasteiger partial charge in [-0.3, -0.25) is 4.79 Å². The van der Waals surface area contributed by atoms with Gasteiger partial charge in [-0.2, -0.15) is 0 Å². The number of amides is 1. The second kappa shape index (κ2) is 7.00. The second-order valence-electron chi connectivity index (χ2n) is 5.96. The van der Waals surface area contributed by atoms with Crippen LogP contribution in [0.5, 0.6) is 0 Å². The van der Waals surface area contributed by atoms with Crippen LogP contribution in [0.2, 0.25) is 0 Å². The average Bonchev–Trinajstić information content (AvgIpc) is 2.27. The molecule has 1 heterocycles. The van der Waals surface area contributed by atoms with Crippen LogP contribution in [0.3, 0.4) is 0 Å². The van der Waals surface area contributed by atoms with Gasteiger partial charge >= 0.3 is 0 Å². The van der Waals surface area contributed by atoms with E-state index >= 15 is 0 Å². The Balaban J connectivity index is 2.23. The van der Waals surface area contributed by atoms with Crippen molar-refractivity contribution in [2.45, 2.75) is 65.5 Å². The third kappa shape index (κ3) is 5.53. The zero-order chi connectivity index (χ0) is 12.8. The largest absolute Gasteiger partial charge is 0.353 e. The summed E-state index contributed by atoms with van der Waals surface area (Å²) in [6.07, 6.45) is 4.40. The monoisotopic (exact) mass is 240 g/mol. The summed E-state index contributed by atoms with van der Waals surface area (Å²) in [5, 5.41) is 6.52. The van der Waals surface area contributed by atoms with Gasteiger partial charge in [-0.05, 0) is 45.4 Å². The fraction of sp³-hybridized carbons (Fsp3) is 0.929. The molecule has 1 aliphatic heterocycles. The Hall–Kier alpha value is -0.570. The van der Waals surface area contributed by atoms with Crippen LogP contribution in [0.1, 0.15) is 53.4 Å². The van der Waals surface area contributed by atoms with E-state index in [2.05, 4.69) is 38.3 Å². The summed E-state index contributed by atoms with van der Waals surface area (Å²) in [5.74, 6) is 1.12. The third-order valence-corrected chi connectivity index (χ3v) is 3.60. The van der Waals surface area contributed by atoms with Crippen LogP contribution in [-0.4, -0.2) is 24.5 Å². The van der Waals surface area contributed by atoms with E-state index in [1.165, 1.54) is 6.42 Å². The lowest BCUT2D eigenvalue weighted by molar-refractivity contribution is -0.126. The molecule has 0 saturated carbocycles. The van der Waals surface area contributed by atoms with E-state index in [0.717, 1.165) is 25.8 Å². The Morgan fingerprint density at radius 3 is 2.53 bits per heavy atom. The minimum Gasteiger partial charge on any atom is -0.353 e. The van der Waals surface area contributed by atoms with Crippen LogP contribution in [0, 0.1) is 11.8 Å². The molecular formula is C14H28N2O. The molecule has 1 fully saturated rings. The maximum atomic E-state index is 12.0. The van der Waals surface area contributed by atoms with Crippen molar-refractivity contribution < 1.29 is 4.79 Å². The van der Waals surface area contributed by atoms with Crippen LogP contribution < -0.4 is 10.6 Å². The summed E-state index contributed by atoms with van der Waals surface area (Å²) < 4.78 is 0. The molecule has 0 aromatic rings. The molecule has 0 aromatic carbocycles. The summed E-state index contributed by atoms with van der Waals surface area (Å²) in [7, 11) is 0. The predicted molar refractivity (Wildman–Crippen MR) is 71.9 cm³/mol. The van der Waals surface area contributed by atoms with Crippen molar-refractivity contribution in [1.82, 2.24) is 10.6 Å². The number of rotatable bonds is 5. The Morgan fingerprint density at radius 1 is 1.29 bits per heavy atom. The molecule has 0 aliphatic carbocycles. The molecule has 2 N–H and O–H groups in total. The molecule has 3 heteroatoms. The van der Waals surface area contributed by atoms with Crippen molar-refractivity contribution in [3.63, 3.8) is 0 Å². The van der Waals surface area contributed by atoms with Crippen molar-refractivity contribution in [1.29, 1.82) is 0 Å². The van der Waals surface area contributed by atoms with Gasteiger partial charge in [0.1, 0.15) is 0 Å². The van der Waals surface area contributed by atoms with E-state index in [1.54, 1.807) is 0 Å². The first-order chi connectivity index (χ1) is 7.99. The first-order valence-corrected chi connectivity index (χ1v) is 7.02. The van der Waals surface area contributed by atoms with Crippen LogP contribution in [0.15, 0.2) is 0 Å². The smallest absolute Gasteiger partial charge is 0.224 e. The molecule has 3 unspecified atom stereocenters. The summed E-state index contributed by atoms with van der Waals surface area (Å²) in [6.45, 7) is 9.57. The lowest BCUT2D eigenvalue weighted by atomic mass is 9.94. The highest BCUT2D eigenvalue weighted by Crippen LogP contribution is 2.15. The quantitative estimate of drug-likeness (QED) is 0.774. The van der Waals surface area contributed by atoms with Gasteiger partial charge in [0.15, 0.2) is 0 Å². The van der Waals surface area contributed by atoms with E-state index in [4.69, 9.17) is 0 Å². The molecule has 3 atom stereocenters. The zero-order valence-corrected chi connectivity index (χ0v) is 11.8. The molecule has 0 spiro atoms. The number of carbonyl (C=O) groups is 1. The van der Waals surface area contributed by atoms with Gasteiger partial charge < -0.3 is 10.6 Å². The number of piperidine rings is 1. The molecule has 17 heavy (non-hydrogen) atoms. The van der Waals surface area contributed by atoms with E-state index in [0.29, 0.717) is 18.0 Å². The van der Waals surface area contributed by atoms with Gasteiger partial charge in [-0.15, -0.1) is 0 Å². The van der Waals surface area contributed by atoms with E-state index in [9.17, 15) is 4.79 Å². The highest BCUT2D eigenvalue weighted by Gasteiger charge is 2.24. The third-order valence-electron chi connectivity index (χ3n) is 3.60. The normalized spacial score (nSPS) is 26.9. The maximum Gasteiger partial charge on any atom is 0.224 e. The second-order valence-corrected chi connectivity index (χ2v) is 5.96. The summed E-state index contributed by atoms with van der Waals surface area (Å²) in [4.78, 5) is 12.0. The predicted octanol–water partition coefficient (Wildman–Crippen LogP) is 2.32. The molecule has 1 amide bonds. The molecule has 0 aromatic heterocycles. The Kier molecular flexibility index (Phi) is 5.96. The summed E-state index contributed by atoms with van der Waals surface area (Å²) in [6, 6.07) is 0.877. The van der Waals surface area contributed by atoms with Crippen molar-refractivity contribution >= 4 is 5.91 Å². The van der Waals surface area contributed by atoms with Crippen molar-refractivity contribution in [2.24, 2.45) is 11.8 Å². The molecule has 3 nitrogen and oxygen atoms in total. The molecule has 0 radical (unpaired) electrons. The zero-order valence-electron chi connectivity index (χ0n) is 11.8. The molecule has 1 saturated heterocycles. The Bertz CT molecular complexity index is 232. The Labute approximate surface area is 106 Å². The maximum absolute atomic E-state index is 12.0. The topological polar surface area (TPSA) is 41.1 Å². The van der Waals surface area contributed by atoms with Gasteiger partial charge in [0.25, 0.3) is 0 Å². The standard InChI is InChI=1S/C14H28N2O/c1-10(2)5-6-12(4)16-14(17)13-8-7-11(3)15-9-13/h10-13,15H,5-9H2,1-4H3,(H,16,17). The molecule has 0 bridgehead atoms. The highest BCUT2D eigenvalue weighted by atomic mass is 16.1. The Morgan fingerprint density at radius 2 is 2.00 bits per heavy atom. The van der Waals surface area contributed by atoms with Crippen molar-refractivity contribution in [3.05, 3.63) is 0 Å². The van der Waals surface area contributed by atoms with Crippen LogP contribution >= 0.6 is 0 Å². The van der Waals surface area contributed by atoms with Crippen LogP contribution in [0.25, 0.3) is 0 Å². The molecule has 100 valence electrons. The number of hydrogen-bond donors (Lipinski definition) is 2. The first-order valence-electron chi connectivity index (χ1n) is 7.02. The minimum atomic E-state index is 0.174. The van der Waals surface area contributed by atoms with Crippen LogP contribution in [0.4, 0.5) is 0 Å². The lowest BCUT2D eigenvalue weighted by Gasteiger charge is -2.28. The number of carbonyl (C=O) groups excluding carboxylic acids is 1. The van der Waals surface area contributed by atoms with Gasteiger partial charge in [-0.25, -0.2) is 0 Å². The van der Waals surface area contributed by atoms with E-state index in [1.807, 2.05) is 0 Å². The highest BCUT2D eigenvalue weighted by molar-refractivity contribution is 5.79. The van der Waals surface area contributed by atoms with Gasteiger partial charge in [0.05, 0.1) is 5.92 Å². The first kappa shape index (κ1) is 14.5. The van der Waals surface area contributed by atoms with E-state index in [-0.39, 0.29) is 11.8 Å². The summed E-state index contributed by atoms with van der Waals surface area (Å²) >= 11 is 0. The van der Waals surface area contributed by atoms with Crippen LogP contribution in [-0.2, 0) is 4.79 Å². The lowest BCUT2D eigenvalue weighted by Crippen LogP contribution is -2.46. The average molecular weight is 240 g/mol. The molecular weight excluding hydrogens is 212 g/mol. The molecule has 1 aliphatic rings.